The van der Waals surface area contributed by atoms with Crippen molar-refractivity contribution in [1.82, 2.24) is 9.80 Å². The minimum atomic E-state index is -1.44. The van der Waals surface area contributed by atoms with Crippen molar-refractivity contribution in [2.75, 3.05) is 28.2 Å². The number of carbonyl (C=O) groups is 2. The van der Waals surface area contributed by atoms with Gasteiger partial charge in [0.1, 0.15) is 0 Å². The molecule has 0 aliphatic rings. The molecule has 0 atom stereocenters. The number of hydrogen-bond acceptors (Lipinski definition) is 4. The van der Waals surface area contributed by atoms with Crippen molar-refractivity contribution >= 4 is 55.0 Å². The Morgan fingerprint density at radius 3 is 0.977 bits per heavy atom. The van der Waals surface area contributed by atoms with Gasteiger partial charge in [-0.25, -0.2) is 9.59 Å². The van der Waals surface area contributed by atoms with Crippen LogP contribution in [0.15, 0.2) is 109 Å². The molecule has 0 radical (unpaired) electrons. The van der Waals surface area contributed by atoms with Crippen LogP contribution in [-0.4, -0.2) is 60.1 Å². The maximum absolute atomic E-state index is 9.47. The van der Waals surface area contributed by atoms with Gasteiger partial charge in [-0.3, -0.25) is 0 Å². The largest absolute Gasteiger partial charge is 0.472 e. The zero-order valence-electron chi connectivity index (χ0n) is 25.4. The van der Waals surface area contributed by atoms with Gasteiger partial charge in [0.05, 0.1) is 0 Å². The molecule has 0 aliphatic heterocycles. The maximum atomic E-state index is 9.47. The van der Waals surface area contributed by atoms with Crippen molar-refractivity contribution in [3.63, 3.8) is 0 Å². The Hall–Kier alpha value is -5.22. The highest BCUT2D eigenvalue weighted by Gasteiger charge is 2.09. The van der Waals surface area contributed by atoms with Gasteiger partial charge in [-0.05, 0) is 94.5 Å². The van der Waals surface area contributed by atoms with Crippen molar-refractivity contribution < 1.29 is 19.8 Å². The van der Waals surface area contributed by atoms with Crippen LogP contribution in [0.1, 0.15) is 11.1 Å². The molecule has 222 valence electrons. The molecule has 44 heavy (non-hydrogen) atoms. The van der Waals surface area contributed by atoms with Crippen molar-refractivity contribution in [2.45, 2.75) is 13.1 Å². The first-order valence-electron chi connectivity index (χ1n) is 14.2. The van der Waals surface area contributed by atoms with Gasteiger partial charge in [0.25, 0.3) is 0 Å². The monoisotopic (exact) mass is 584 g/mol. The average molecular weight is 585 g/mol. The molecule has 0 aromatic heterocycles. The van der Waals surface area contributed by atoms with Crippen LogP contribution in [-0.2, 0) is 22.7 Å². The van der Waals surface area contributed by atoms with Crippen LogP contribution < -0.4 is 0 Å². The number of hydrogen-bond donors (Lipinski definition) is 2. The second-order valence-electron chi connectivity index (χ2n) is 10.9. The first-order valence-corrected chi connectivity index (χ1v) is 14.2. The van der Waals surface area contributed by atoms with Crippen molar-refractivity contribution in [3.05, 3.63) is 120 Å². The lowest BCUT2D eigenvalue weighted by Gasteiger charge is -2.15. The fourth-order valence-corrected chi connectivity index (χ4v) is 5.30. The van der Waals surface area contributed by atoms with Gasteiger partial charge < -0.3 is 20.0 Å². The molecule has 0 saturated carbocycles. The molecular weight excluding hydrogens is 548 g/mol. The Labute approximate surface area is 257 Å². The molecule has 0 aliphatic carbocycles. The zero-order chi connectivity index (χ0) is 31.6. The normalized spacial score (nSPS) is 10.6. The van der Waals surface area contributed by atoms with Gasteiger partial charge >= 0.3 is 11.9 Å². The van der Waals surface area contributed by atoms with E-state index in [0.717, 1.165) is 13.1 Å². The van der Waals surface area contributed by atoms with Crippen molar-refractivity contribution in [1.29, 1.82) is 0 Å². The third-order valence-electron chi connectivity index (χ3n) is 6.99. The van der Waals surface area contributed by atoms with E-state index in [1.807, 2.05) is 0 Å². The van der Waals surface area contributed by atoms with Gasteiger partial charge in [-0.1, -0.05) is 97.1 Å². The Morgan fingerprint density at radius 1 is 0.500 bits per heavy atom. The van der Waals surface area contributed by atoms with Gasteiger partial charge in [0, 0.05) is 24.9 Å². The summed E-state index contributed by atoms with van der Waals surface area (Å²) in [6, 6.07) is 39.2. The minimum Gasteiger partial charge on any atom is -0.472 e. The molecule has 6 rings (SSSR count). The van der Waals surface area contributed by atoms with E-state index in [1.54, 1.807) is 0 Å². The van der Waals surface area contributed by atoms with Gasteiger partial charge in [-0.15, -0.1) is 0 Å². The molecule has 0 spiro atoms. The smallest absolute Gasteiger partial charge is 0.382 e. The summed E-state index contributed by atoms with van der Waals surface area (Å²) in [7, 11) is 8.49. The second-order valence-corrected chi connectivity index (χ2v) is 10.9. The summed E-state index contributed by atoms with van der Waals surface area (Å²) in [5, 5.41) is 26.2. The molecule has 2 N–H and O–H groups in total. The summed E-state index contributed by atoms with van der Waals surface area (Å²) in [4.78, 5) is 23.4. The molecule has 6 aromatic carbocycles. The third-order valence-corrected chi connectivity index (χ3v) is 6.99. The number of carboxylic acid groups (broad SMARTS) is 2. The molecule has 0 fully saturated rings. The van der Waals surface area contributed by atoms with Crippen LogP contribution >= 0.6 is 0 Å². The maximum Gasteiger partial charge on any atom is 0.382 e. The lowest BCUT2D eigenvalue weighted by Crippen LogP contribution is -2.11. The summed E-state index contributed by atoms with van der Waals surface area (Å²) in [6.45, 7) is 1.95. The first-order chi connectivity index (χ1) is 21.1. The van der Waals surface area contributed by atoms with E-state index in [-0.39, 0.29) is 0 Å². The number of aliphatic carboxylic acids is 2. The molecule has 0 unspecified atom stereocenters. The van der Waals surface area contributed by atoms with E-state index in [1.165, 1.54) is 66.1 Å². The molecule has 6 nitrogen and oxygen atoms in total. The fraction of sp³-hybridized carbons (Fsp3) is 0.158. The average Bonchev–Trinajstić information content (AvgIpc) is 3.00. The fourth-order valence-electron chi connectivity index (χ4n) is 5.30. The van der Waals surface area contributed by atoms with Gasteiger partial charge in [-0.2, -0.15) is 0 Å². The summed E-state index contributed by atoms with van der Waals surface area (Å²) in [5.74, 6) is -0.0511. The molecule has 0 amide bonds. The van der Waals surface area contributed by atoms with Gasteiger partial charge in [0.2, 0.25) is 0 Å². The topological polar surface area (TPSA) is 81.1 Å². The molecule has 0 saturated heterocycles. The number of carboxylic acids is 2. The summed E-state index contributed by atoms with van der Waals surface area (Å²) in [6.07, 6.45) is 0. The highest BCUT2D eigenvalue weighted by atomic mass is 16.4. The third kappa shape index (κ3) is 8.20. The summed E-state index contributed by atoms with van der Waals surface area (Å²) >= 11 is 0. The predicted molar refractivity (Wildman–Crippen MR) is 181 cm³/mol. The first kappa shape index (κ1) is 31.7. The predicted octanol–water partition coefficient (Wildman–Crippen LogP) is 7.27. The highest BCUT2D eigenvalue weighted by molar-refractivity contribution is 6.03. The van der Waals surface area contributed by atoms with Crippen LogP contribution in [0.3, 0.4) is 0 Å². The van der Waals surface area contributed by atoms with Crippen LogP contribution in [0.25, 0.3) is 43.1 Å². The lowest BCUT2D eigenvalue weighted by molar-refractivity contribution is -0.132. The van der Waals surface area contributed by atoms with E-state index >= 15 is 0 Å². The van der Waals surface area contributed by atoms with E-state index in [0.29, 0.717) is 0 Å². The molecule has 6 aromatic rings. The van der Waals surface area contributed by atoms with Gasteiger partial charge in [0.15, 0.2) is 0 Å². The molecule has 0 heterocycles. The van der Waals surface area contributed by atoms with Crippen LogP contribution in [0, 0.1) is 11.8 Å². The van der Waals surface area contributed by atoms with E-state index < -0.39 is 11.9 Å². The summed E-state index contributed by atoms with van der Waals surface area (Å²) < 4.78 is 0. The molecule has 0 bridgehead atoms. The standard InChI is InChI=1S/2C17H17N.C4H2O4/c2*1-18(2)12-17-15-9-5-3-7-13(15)11-14-8-4-6-10-16(14)17;5-3(6)1-2-4(7)8/h2*3-11H,12H2,1-2H3;(H,5,6)(H,7,8). The Kier molecular flexibility index (Phi) is 10.7. The minimum absolute atomic E-state index is 0.974. The summed E-state index contributed by atoms with van der Waals surface area (Å²) in [5.41, 5.74) is 2.85. The number of rotatable bonds is 4. The van der Waals surface area contributed by atoms with Crippen molar-refractivity contribution in [2.24, 2.45) is 0 Å². The number of benzene rings is 6. The van der Waals surface area contributed by atoms with E-state index in [4.69, 9.17) is 10.2 Å². The SMILES string of the molecule is CN(C)Cc1c2ccccc2cc2ccccc12.CN(C)Cc1c2ccccc2cc2ccccc12.O=C(O)C#CC(=O)O. The zero-order valence-corrected chi connectivity index (χ0v) is 25.4. The van der Waals surface area contributed by atoms with Crippen LogP contribution in [0.5, 0.6) is 0 Å². The van der Waals surface area contributed by atoms with Crippen LogP contribution in [0.4, 0.5) is 0 Å². The Morgan fingerprint density at radius 2 is 0.750 bits per heavy atom. The molecular formula is C38H36N2O4. The Balaban J connectivity index is 0.000000163. The van der Waals surface area contributed by atoms with E-state index in [9.17, 15) is 9.59 Å². The number of fused-ring (bicyclic) bond motifs is 4. The number of nitrogens with zero attached hydrogens (tertiary/aromatic N) is 2. The second kappa shape index (κ2) is 14.8. The lowest BCUT2D eigenvalue weighted by atomic mass is 9.96. The van der Waals surface area contributed by atoms with Crippen LogP contribution in [0.2, 0.25) is 0 Å². The quantitative estimate of drug-likeness (QED) is 0.168. The molecule has 6 heteroatoms. The Bertz CT molecular complexity index is 1750. The van der Waals surface area contributed by atoms with E-state index in [2.05, 4.69) is 147 Å². The van der Waals surface area contributed by atoms with Crippen molar-refractivity contribution in [3.8, 4) is 11.8 Å². The highest BCUT2D eigenvalue weighted by Crippen LogP contribution is 2.30.